The van der Waals surface area contributed by atoms with Gasteiger partial charge in [0.2, 0.25) is 4.77 Å². The minimum absolute atomic E-state index is 0.395. The third kappa shape index (κ3) is 3.24. The molecular formula is C21H23N5S. The molecule has 0 spiro atoms. The van der Waals surface area contributed by atoms with Crippen LogP contribution in [-0.4, -0.2) is 30.8 Å². The Bertz CT molecular complexity index is 975. The molecular weight excluding hydrogens is 354 g/mol. The number of likely N-dealkylation sites (tertiary alicyclic amines) is 1. The molecule has 2 aliphatic rings. The normalized spacial score (nSPS) is 20.2. The Labute approximate surface area is 164 Å². The summed E-state index contributed by atoms with van der Waals surface area (Å²) in [7, 11) is 0. The van der Waals surface area contributed by atoms with Gasteiger partial charge >= 0.3 is 0 Å². The van der Waals surface area contributed by atoms with E-state index in [1.165, 1.54) is 24.8 Å². The van der Waals surface area contributed by atoms with Crippen LogP contribution in [0.3, 0.4) is 0 Å². The zero-order chi connectivity index (χ0) is 18.2. The predicted octanol–water partition coefficient (Wildman–Crippen LogP) is 4.47. The van der Waals surface area contributed by atoms with E-state index in [-0.39, 0.29) is 0 Å². The van der Waals surface area contributed by atoms with Crippen molar-refractivity contribution in [2.45, 2.75) is 44.3 Å². The van der Waals surface area contributed by atoms with Crippen LogP contribution in [0.1, 0.15) is 49.0 Å². The highest BCUT2D eigenvalue weighted by Gasteiger charge is 2.32. The molecule has 3 heterocycles. The van der Waals surface area contributed by atoms with Crippen LogP contribution in [0.2, 0.25) is 0 Å². The van der Waals surface area contributed by atoms with Gasteiger partial charge in [-0.2, -0.15) is 5.10 Å². The van der Waals surface area contributed by atoms with Crippen molar-refractivity contribution in [3.63, 3.8) is 0 Å². The first-order valence-corrected chi connectivity index (χ1v) is 10.1. The fraction of sp³-hybridized carbons (Fsp3) is 0.381. The number of para-hydroxylation sites is 1. The molecule has 3 aromatic rings. The maximum absolute atomic E-state index is 5.86. The lowest BCUT2D eigenvalue weighted by atomic mass is 10.1. The Kier molecular flexibility index (Phi) is 4.38. The van der Waals surface area contributed by atoms with Crippen molar-refractivity contribution in [1.82, 2.24) is 24.2 Å². The smallest absolute Gasteiger partial charge is 0.203 e. The summed E-state index contributed by atoms with van der Waals surface area (Å²) in [5.41, 5.74) is 2.40. The third-order valence-corrected chi connectivity index (χ3v) is 5.96. The van der Waals surface area contributed by atoms with Gasteiger partial charge in [-0.3, -0.25) is 14.5 Å². The van der Waals surface area contributed by atoms with Crippen molar-refractivity contribution >= 4 is 12.2 Å². The van der Waals surface area contributed by atoms with E-state index in [4.69, 9.17) is 17.3 Å². The molecule has 27 heavy (non-hydrogen) atoms. The van der Waals surface area contributed by atoms with Gasteiger partial charge in [0.25, 0.3) is 0 Å². The van der Waals surface area contributed by atoms with Crippen LogP contribution in [0.5, 0.6) is 0 Å². The first kappa shape index (κ1) is 16.8. The molecule has 1 aliphatic carbocycles. The predicted molar refractivity (Wildman–Crippen MR) is 107 cm³/mol. The van der Waals surface area contributed by atoms with Crippen molar-refractivity contribution in [3.05, 3.63) is 71.0 Å². The monoisotopic (exact) mass is 377 g/mol. The summed E-state index contributed by atoms with van der Waals surface area (Å²) >= 11 is 5.86. The topological polar surface area (TPSA) is 38.9 Å². The summed E-state index contributed by atoms with van der Waals surface area (Å²) in [5, 5.41) is 4.96. The zero-order valence-corrected chi connectivity index (χ0v) is 16.1. The van der Waals surface area contributed by atoms with E-state index in [0.29, 0.717) is 12.0 Å². The summed E-state index contributed by atoms with van der Waals surface area (Å²) < 4.78 is 4.98. The fourth-order valence-electron chi connectivity index (χ4n) is 4.06. The highest BCUT2D eigenvalue weighted by Crippen LogP contribution is 2.40. The van der Waals surface area contributed by atoms with Crippen LogP contribution < -0.4 is 0 Å². The molecule has 2 aromatic heterocycles. The van der Waals surface area contributed by atoms with Crippen molar-refractivity contribution in [2.24, 2.45) is 0 Å². The first-order valence-electron chi connectivity index (χ1n) is 9.70. The van der Waals surface area contributed by atoms with E-state index in [1.807, 2.05) is 29.2 Å². The van der Waals surface area contributed by atoms with Gasteiger partial charge in [-0.25, -0.2) is 4.68 Å². The largest absolute Gasteiger partial charge is 0.277 e. The average molecular weight is 378 g/mol. The lowest BCUT2D eigenvalue weighted by Gasteiger charge is -2.24. The fourth-order valence-corrected chi connectivity index (χ4v) is 4.36. The third-order valence-electron chi connectivity index (χ3n) is 5.57. The Morgan fingerprint density at radius 1 is 1.04 bits per heavy atom. The Hall–Kier alpha value is -2.31. The van der Waals surface area contributed by atoms with E-state index >= 15 is 0 Å². The second-order valence-corrected chi connectivity index (χ2v) is 7.85. The van der Waals surface area contributed by atoms with Crippen LogP contribution >= 0.6 is 12.2 Å². The molecule has 1 aromatic carbocycles. The summed E-state index contributed by atoms with van der Waals surface area (Å²) in [5.74, 6) is 1.66. The van der Waals surface area contributed by atoms with E-state index in [9.17, 15) is 0 Å². The molecule has 138 valence electrons. The Balaban J connectivity index is 1.48. The first-order chi connectivity index (χ1) is 13.3. The van der Waals surface area contributed by atoms with Crippen LogP contribution in [0.4, 0.5) is 0 Å². The highest BCUT2D eigenvalue weighted by atomic mass is 32.1. The molecule has 0 amide bonds. The molecule has 0 unspecified atom stereocenters. The summed E-state index contributed by atoms with van der Waals surface area (Å²) in [6, 6.07) is 15.0. The van der Waals surface area contributed by atoms with Gasteiger partial charge in [0, 0.05) is 36.6 Å². The number of pyridine rings is 1. The minimum Gasteiger partial charge on any atom is -0.277 e. The average Bonchev–Trinajstić information content (AvgIpc) is 3.37. The number of benzene rings is 1. The summed E-state index contributed by atoms with van der Waals surface area (Å²) in [6.45, 7) is 1.80. The molecule has 0 N–H and O–H groups in total. The number of rotatable bonds is 5. The summed E-state index contributed by atoms with van der Waals surface area (Å²) in [4.78, 5) is 6.78. The number of hydrogen-bond acceptors (Lipinski definition) is 4. The number of hydrogen-bond donors (Lipinski definition) is 0. The molecule has 1 saturated heterocycles. The van der Waals surface area contributed by atoms with Crippen molar-refractivity contribution in [1.29, 1.82) is 0 Å². The molecule has 5 rings (SSSR count). The molecule has 5 nitrogen and oxygen atoms in total. The van der Waals surface area contributed by atoms with Gasteiger partial charge in [-0.15, -0.1) is 0 Å². The van der Waals surface area contributed by atoms with Crippen LogP contribution in [0.15, 0.2) is 54.9 Å². The summed E-state index contributed by atoms with van der Waals surface area (Å²) in [6.07, 6.45) is 8.60. The van der Waals surface area contributed by atoms with Gasteiger partial charge in [-0.1, -0.05) is 24.3 Å². The van der Waals surface area contributed by atoms with Gasteiger partial charge in [0.05, 0.1) is 6.67 Å². The zero-order valence-electron chi connectivity index (χ0n) is 15.2. The maximum atomic E-state index is 5.86. The second kappa shape index (κ2) is 7.02. The van der Waals surface area contributed by atoms with E-state index < -0.39 is 0 Å². The molecule has 1 atom stereocenters. The van der Waals surface area contributed by atoms with Crippen LogP contribution in [0, 0.1) is 4.77 Å². The van der Waals surface area contributed by atoms with Gasteiger partial charge in [0.1, 0.15) is 5.82 Å². The van der Waals surface area contributed by atoms with E-state index in [0.717, 1.165) is 35.9 Å². The van der Waals surface area contributed by atoms with Gasteiger partial charge < -0.3 is 0 Å². The standard InChI is InChI=1S/C21H23N5S/c27-21-25(15-24-13-5-9-19(24)17-6-4-12-22-14-17)23-20(16-10-11-16)26(21)18-7-2-1-3-8-18/h1-4,6-8,12,14,16,19H,5,9-11,13,15H2/t19-/m0/s1. The van der Waals surface area contributed by atoms with Crippen molar-refractivity contribution in [2.75, 3.05) is 6.54 Å². The molecule has 0 bridgehead atoms. The Morgan fingerprint density at radius 3 is 2.63 bits per heavy atom. The number of aromatic nitrogens is 4. The van der Waals surface area contributed by atoms with Crippen molar-refractivity contribution in [3.8, 4) is 5.69 Å². The van der Waals surface area contributed by atoms with Crippen molar-refractivity contribution < 1.29 is 0 Å². The second-order valence-electron chi connectivity index (χ2n) is 7.48. The van der Waals surface area contributed by atoms with Crippen LogP contribution in [0.25, 0.3) is 5.69 Å². The molecule has 2 fully saturated rings. The van der Waals surface area contributed by atoms with E-state index in [2.05, 4.69) is 44.8 Å². The van der Waals surface area contributed by atoms with Gasteiger partial charge in [0.15, 0.2) is 0 Å². The van der Waals surface area contributed by atoms with Gasteiger partial charge in [-0.05, 0) is 61.7 Å². The number of nitrogens with zero attached hydrogens (tertiary/aromatic N) is 5. The lowest BCUT2D eigenvalue weighted by molar-refractivity contribution is 0.189. The quantitative estimate of drug-likeness (QED) is 0.615. The molecule has 0 radical (unpaired) electrons. The Morgan fingerprint density at radius 2 is 1.89 bits per heavy atom. The van der Waals surface area contributed by atoms with E-state index in [1.54, 1.807) is 0 Å². The maximum Gasteiger partial charge on any atom is 0.203 e. The lowest BCUT2D eigenvalue weighted by Crippen LogP contribution is -2.27. The SMILES string of the molecule is S=c1n(CN2CCC[C@H]2c2cccnc2)nc(C2CC2)n1-c1ccccc1. The highest BCUT2D eigenvalue weighted by molar-refractivity contribution is 7.71. The molecule has 1 aliphatic heterocycles. The molecule has 1 saturated carbocycles. The molecule has 6 heteroatoms. The van der Waals surface area contributed by atoms with Crippen LogP contribution in [-0.2, 0) is 6.67 Å². The minimum atomic E-state index is 0.395.